The Hall–Kier alpha value is -3.55. The Balaban J connectivity index is 1.52. The van der Waals surface area contributed by atoms with Gasteiger partial charge in [-0.25, -0.2) is 9.07 Å². The summed E-state index contributed by atoms with van der Waals surface area (Å²) in [6.45, 7) is 1.76. The predicted molar refractivity (Wildman–Crippen MR) is 97.5 cm³/mol. The number of aryl methyl sites for hydroxylation is 1. The maximum absolute atomic E-state index is 13.9. The fourth-order valence-electron chi connectivity index (χ4n) is 2.92. The highest BCUT2D eigenvalue weighted by Crippen LogP contribution is 2.28. The molecule has 0 bridgehead atoms. The number of benzene rings is 2. The number of nitrogens with zero attached hydrogens (tertiary/aromatic N) is 3. The maximum atomic E-state index is 13.9. The van der Waals surface area contributed by atoms with Gasteiger partial charge in [-0.1, -0.05) is 36.4 Å². The van der Waals surface area contributed by atoms with Gasteiger partial charge in [-0.3, -0.25) is 14.9 Å². The van der Waals surface area contributed by atoms with Crippen molar-refractivity contribution in [2.24, 2.45) is 0 Å². The summed E-state index contributed by atoms with van der Waals surface area (Å²) in [4.78, 5) is 28.8. The quantitative estimate of drug-likeness (QED) is 0.744. The Labute approximate surface area is 154 Å². The summed E-state index contributed by atoms with van der Waals surface area (Å²) in [5.41, 5.74) is 1.63. The number of fused-ring (bicyclic) bond motifs is 1. The van der Waals surface area contributed by atoms with E-state index in [-0.39, 0.29) is 24.0 Å². The highest BCUT2D eigenvalue weighted by atomic mass is 19.1. The van der Waals surface area contributed by atoms with E-state index in [4.69, 9.17) is 0 Å². The van der Waals surface area contributed by atoms with Crippen molar-refractivity contribution in [2.75, 3.05) is 10.6 Å². The van der Waals surface area contributed by atoms with E-state index in [2.05, 4.69) is 20.7 Å². The van der Waals surface area contributed by atoms with E-state index < -0.39 is 17.8 Å². The molecule has 0 saturated carbocycles. The zero-order valence-corrected chi connectivity index (χ0v) is 14.4. The molecule has 0 fully saturated rings. The molecule has 1 aliphatic rings. The largest absolute Gasteiger partial charge is 0.324 e. The van der Waals surface area contributed by atoms with Gasteiger partial charge in [0.25, 0.3) is 5.91 Å². The van der Waals surface area contributed by atoms with Gasteiger partial charge < -0.3 is 5.32 Å². The van der Waals surface area contributed by atoms with Crippen LogP contribution >= 0.6 is 0 Å². The molecule has 2 heterocycles. The molecule has 1 atom stereocenters. The molecule has 1 aromatic heterocycles. The van der Waals surface area contributed by atoms with Crippen LogP contribution in [0, 0.1) is 12.7 Å². The van der Waals surface area contributed by atoms with Crippen LogP contribution in [0.25, 0.3) is 11.4 Å². The van der Waals surface area contributed by atoms with E-state index >= 15 is 0 Å². The standard InChI is InChI=1S/C19H16FN5O2/c1-11-7-8-14(13(20)9-11)21-16(26)10-15-18(27)23-19-22-17(24-25(15)19)12-5-3-2-4-6-12/h2-9,15H,10H2,1H3,(H,21,26)(H,22,23,24,27). The number of anilines is 2. The summed E-state index contributed by atoms with van der Waals surface area (Å²) in [5, 5.41) is 9.47. The van der Waals surface area contributed by atoms with Crippen molar-refractivity contribution in [3.05, 3.63) is 59.9 Å². The van der Waals surface area contributed by atoms with Crippen molar-refractivity contribution in [3.63, 3.8) is 0 Å². The average molecular weight is 365 g/mol. The van der Waals surface area contributed by atoms with Gasteiger partial charge in [0.05, 0.1) is 12.1 Å². The fraction of sp³-hybridized carbons (Fsp3) is 0.158. The zero-order valence-electron chi connectivity index (χ0n) is 14.4. The summed E-state index contributed by atoms with van der Waals surface area (Å²) in [5.74, 6) is -0.627. The van der Waals surface area contributed by atoms with Crippen LogP contribution in [0.1, 0.15) is 18.0 Å². The van der Waals surface area contributed by atoms with Crippen LogP contribution in [0.2, 0.25) is 0 Å². The molecule has 0 aliphatic carbocycles. The molecular formula is C19H16FN5O2. The highest BCUT2D eigenvalue weighted by molar-refractivity contribution is 6.01. The number of rotatable bonds is 4. The van der Waals surface area contributed by atoms with Gasteiger partial charge in [-0.2, -0.15) is 4.98 Å². The first-order chi connectivity index (χ1) is 13.0. The number of halogens is 1. The molecule has 136 valence electrons. The van der Waals surface area contributed by atoms with Gasteiger partial charge in [0.15, 0.2) is 5.82 Å². The molecule has 0 spiro atoms. The zero-order chi connectivity index (χ0) is 19.0. The number of hydrogen-bond acceptors (Lipinski definition) is 4. The van der Waals surface area contributed by atoms with Crippen molar-refractivity contribution in [2.45, 2.75) is 19.4 Å². The van der Waals surface area contributed by atoms with E-state index in [1.807, 2.05) is 30.3 Å². The van der Waals surface area contributed by atoms with E-state index in [1.165, 1.54) is 16.8 Å². The van der Waals surface area contributed by atoms with Gasteiger partial charge in [0.1, 0.15) is 11.9 Å². The number of hydrogen-bond donors (Lipinski definition) is 2. The second kappa shape index (κ2) is 6.64. The first-order valence-electron chi connectivity index (χ1n) is 8.40. The molecule has 4 rings (SSSR count). The third kappa shape index (κ3) is 3.29. The van der Waals surface area contributed by atoms with Gasteiger partial charge in [0, 0.05) is 5.56 Å². The normalized spacial score (nSPS) is 15.3. The fourth-order valence-corrected chi connectivity index (χ4v) is 2.92. The van der Waals surface area contributed by atoms with Crippen molar-refractivity contribution in [1.29, 1.82) is 0 Å². The van der Waals surface area contributed by atoms with Gasteiger partial charge >= 0.3 is 0 Å². The molecule has 1 unspecified atom stereocenters. The third-order valence-corrected chi connectivity index (χ3v) is 4.27. The molecule has 7 nitrogen and oxygen atoms in total. The van der Waals surface area contributed by atoms with E-state index in [0.717, 1.165) is 11.1 Å². The lowest BCUT2D eigenvalue weighted by Crippen LogP contribution is -2.24. The topological polar surface area (TPSA) is 88.9 Å². The second-order valence-corrected chi connectivity index (χ2v) is 6.31. The number of carbonyl (C=O) groups excluding carboxylic acids is 2. The van der Waals surface area contributed by atoms with E-state index in [0.29, 0.717) is 5.82 Å². The van der Waals surface area contributed by atoms with Crippen molar-refractivity contribution < 1.29 is 14.0 Å². The molecule has 1 aliphatic heterocycles. The number of aromatic nitrogens is 3. The van der Waals surface area contributed by atoms with Crippen LogP contribution in [0.3, 0.4) is 0 Å². The average Bonchev–Trinajstić information content (AvgIpc) is 3.17. The molecular weight excluding hydrogens is 349 g/mol. The molecule has 27 heavy (non-hydrogen) atoms. The number of carbonyl (C=O) groups is 2. The molecule has 0 saturated heterocycles. The molecule has 3 aromatic rings. The molecule has 2 amide bonds. The lowest BCUT2D eigenvalue weighted by molar-refractivity contribution is -0.123. The minimum absolute atomic E-state index is 0.0767. The predicted octanol–water partition coefficient (Wildman–Crippen LogP) is 2.91. The molecule has 0 radical (unpaired) electrons. The Bertz CT molecular complexity index is 1030. The molecule has 2 N–H and O–H groups in total. The van der Waals surface area contributed by atoms with Crippen LogP contribution in [0.4, 0.5) is 16.0 Å². The minimum Gasteiger partial charge on any atom is -0.324 e. The van der Waals surface area contributed by atoms with Crippen LogP contribution in [0.5, 0.6) is 0 Å². The lowest BCUT2D eigenvalue weighted by atomic mass is 10.2. The summed E-state index contributed by atoms with van der Waals surface area (Å²) < 4.78 is 15.3. The second-order valence-electron chi connectivity index (χ2n) is 6.31. The highest BCUT2D eigenvalue weighted by Gasteiger charge is 2.35. The number of nitrogens with one attached hydrogen (secondary N) is 2. The van der Waals surface area contributed by atoms with Crippen molar-refractivity contribution in [1.82, 2.24) is 14.8 Å². The summed E-state index contributed by atoms with van der Waals surface area (Å²) in [7, 11) is 0. The first-order valence-corrected chi connectivity index (χ1v) is 8.40. The van der Waals surface area contributed by atoms with Gasteiger partial charge in [-0.15, -0.1) is 5.10 Å². The van der Waals surface area contributed by atoms with Crippen LogP contribution in [-0.4, -0.2) is 26.6 Å². The van der Waals surface area contributed by atoms with Crippen LogP contribution in [0.15, 0.2) is 48.5 Å². The Morgan fingerprint density at radius 1 is 1.26 bits per heavy atom. The third-order valence-electron chi connectivity index (χ3n) is 4.27. The monoisotopic (exact) mass is 365 g/mol. The summed E-state index contributed by atoms with van der Waals surface area (Å²) in [6.07, 6.45) is -0.177. The van der Waals surface area contributed by atoms with Crippen molar-refractivity contribution in [3.8, 4) is 11.4 Å². The Kier molecular flexibility index (Phi) is 4.15. The summed E-state index contributed by atoms with van der Waals surface area (Å²) >= 11 is 0. The maximum Gasteiger partial charge on any atom is 0.252 e. The number of amides is 2. The first kappa shape index (κ1) is 16.9. The van der Waals surface area contributed by atoms with Gasteiger partial charge in [-0.05, 0) is 24.6 Å². The summed E-state index contributed by atoms with van der Waals surface area (Å²) in [6, 6.07) is 13.0. The SMILES string of the molecule is Cc1ccc(NC(=O)CC2C(=O)Nc3nc(-c4ccccc4)nn32)c(F)c1. The Morgan fingerprint density at radius 3 is 2.78 bits per heavy atom. The molecule has 2 aromatic carbocycles. The van der Waals surface area contributed by atoms with Crippen molar-refractivity contribution >= 4 is 23.5 Å². The molecule has 8 heteroatoms. The van der Waals surface area contributed by atoms with Gasteiger partial charge in [0.2, 0.25) is 11.9 Å². The van der Waals surface area contributed by atoms with E-state index in [9.17, 15) is 14.0 Å². The van der Waals surface area contributed by atoms with Crippen LogP contribution in [-0.2, 0) is 9.59 Å². The smallest absolute Gasteiger partial charge is 0.252 e. The lowest BCUT2D eigenvalue weighted by Gasteiger charge is -2.10. The van der Waals surface area contributed by atoms with E-state index in [1.54, 1.807) is 13.0 Å². The Morgan fingerprint density at radius 2 is 2.04 bits per heavy atom. The minimum atomic E-state index is -0.835. The van der Waals surface area contributed by atoms with Crippen LogP contribution < -0.4 is 10.6 Å².